The average Bonchev–Trinajstić information content (AvgIpc) is 2.83. The van der Waals surface area contributed by atoms with Gasteiger partial charge in [0, 0.05) is 32.0 Å². The Bertz CT molecular complexity index is 434. The number of carbonyl (C=O) groups is 2. The molecule has 1 atom stereocenters. The molecule has 16 heavy (non-hydrogen) atoms. The van der Waals surface area contributed by atoms with Gasteiger partial charge >= 0.3 is 0 Å². The first kappa shape index (κ1) is 11.0. The fourth-order valence-corrected chi connectivity index (χ4v) is 2.26. The van der Waals surface area contributed by atoms with E-state index in [4.69, 9.17) is 0 Å². The van der Waals surface area contributed by atoms with Crippen molar-refractivity contribution >= 4 is 11.6 Å². The van der Waals surface area contributed by atoms with E-state index < -0.39 is 0 Å². The van der Waals surface area contributed by atoms with E-state index in [1.165, 1.54) is 0 Å². The van der Waals surface area contributed by atoms with Crippen LogP contribution in [0, 0.1) is 5.92 Å². The number of ketones is 2. The number of rotatable bonds is 3. The van der Waals surface area contributed by atoms with Crippen LogP contribution in [0.3, 0.4) is 0 Å². The van der Waals surface area contributed by atoms with Gasteiger partial charge in [-0.1, -0.05) is 6.92 Å². The smallest absolute Gasteiger partial charge is 0.169 e. The molecule has 1 unspecified atom stereocenters. The monoisotopic (exact) mass is 220 g/mol. The van der Waals surface area contributed by atoms with Crippen molar-refractivity contribution < 1.29 is 9.59 Å². The Balaban J connectivity index is 2.23. The van der Waals surface area contributed by atoms with Crippen molar-refractivity contribution in [2.75, 3.05) is 0 Å². The van der Waals surface area contributed by atoms with E-state index in [0.717, 1.165) is 12.1 Å². The van der Waals surface area contributed by atoms with Gasteiger partial charge in [0.05, 0.1) is 11.3 Å². The van der Waals surface area contributed by atoms with Gasteiger partial charge in [-0.05, 0) is 12.8 Å². The predicted molar refractivity (Wildman–Crippen MR) is 59.3 cm³/mol. The average molecular weight is 220 g/mol. The Kier molecular flexibility index (Phi) is 2.90. The number of hydrogen-bond acceptors (Lipinski definition) is 3. The Labute approximate surface area is 94.6 Å². The molecule has 1 fully saturated rings. The zero-order chi connectivity index (χ0) is 11.7. The number of nitrogens with zero attached hydrogens (tertiary/aromatic N) is 2. The van der Waals surface area contributed by atoms with Crippen molar-refractivity contribution in [1.82, 2.24) is 9.78 Å². The van der Waals surface area contributed by atoms with Gasteiger partial charge in [0.1, 0.15) is 5.78 Å². The number of hydrogen-bond donors (Lipinski definition) is 0. The minimum absolute atomic E-state index is 0.0933. The molecule has 0 aromatic carbocycles. The van der Waals surface area contributed by atoms with Crippen molar-refractivity contribution in [3.63, 3.8) is 0 Å². The minimum Gasteiger partial charge on any atom is -0.300 e. The standard InChI is InChI=1S/C12H16N2O2/c1-3-11-10(7-14(2)13-11)12(16)8-4-5-9(15)6-8/h7-8H,3-6H2,1-2H3. The zero-order valence-corrected chi connectivity index (χ0v) is 9.69. The molecule has 4 heteroatoms. The van der Waals surface area contributed by atoms with Crippen LogP contribution < -0.4 is 0 Å². The van der Waals surface area contributed by atoms with Crippen molar-refractivity contribution in [3.05, 3.63) is 17.5 Å². The molecule has 1 aliphatic carbocycles. The lowest BCUT2D eigenvalue weighted by atomic mass is 9.96. The van der Waals surface area contributed by atoms with E-state index in [1.54, 1.807) is 10.9 Å². The first-order valence-corrected chi connectivity index (χ1v) is 5.70. The molecular weight excluding hydrogens is 204 g/mol. The summed E-state index contributed by atoms with van der Waals surface area (Å²) < 4.78 is 1.67. The first-order chi connectivity index (χ1) is 7.61. The van der Waals surface area contributed by atoms with Crippen LogP contribution in [0.1, 0.15) is 42.2 Å². The van der Waals surface area contributed by atoms with Crippen LogP contribution in [0.2, 0.25) is 0 Å². The van der Waals surface area contributed by atoms with Crippen molar-refractivity contribution in [1.29, 1.82) is 0 Å². The number of aryl methyl sites for hydroxylation is 2. The lowest BCUT2D eigenvalue weighted by Gasteiger charge is -2.05. The van der Waals surface area contributed by atoms with Gasteiger partial charge < -0.3 is 0 Å². The lowest BCUT2D eigenvalue weighted by molar-refractivity contribution is -0.117. The maximum atomic E-state index is 12.2. The van der Waals surface area contributed by atoms with Gasteiger partial charge in [0.25, 0.3) is 0 Å². The predicted octanol–water partition coefficient (Wildman–Crippen LogP) is 1.53. The molecule has 0 amide bonds. The third-order valence-electron chi connectivity index (χ3n) is 3.12. The lowest BCUT2D eigenvalue weighted by Crippen LogP contribution is -2.12. The van der Waals surface area contributed by atoms with E-state index in [9.17, 15) is 9.59 Å². The number of carbonyl (C=O) groups excluding carboxylic acids is 2. The second kappa shape index (κ2) is 4.20. The van der Waals surface area contributed by atoms with Gasteiger partial charge in [-0.25, -0.2) is 0 Å². The van der Waals surface area contributed by atoms with Crippen LogP contribution in [-0.4, -0.2) is 21.3 Å². The summed E-state index contributed by atoms with van der Waals surface area (Å²) >= 11 is 0. The highest BCUT2D eigenvalue weighted by atomic mass is 16.1. The molecule has 4 nitrogen and oxygen atoms in total. The summed E-state index contributed by atoms with van der Waals surface area (Å²) in [5, 5.41) is 4.25. The van der Waals surface area contributed by atoms with Gasteiger partial charge in [0.15, 0.2) is 5.78 Å². The van der Waals surface area contributed by atoms with Crippen LogP contribution in [0.5, 0.6) is 0 Å². The Morgan fingerprint density at radius 2 is 2.38 bits per heavy atom. The highest BCUT2D eigenvalue weighted by molar-refractivity contribution is 6.02. The molecule has 2 rings (SSSR count). The summed E-state index contributed by atoms with van der Waals surface area (Å²) in [7, 11) is 1.82. The second-order valence-corrected chi connectivity index (χ2v) is 4.36. The van der Waals surface area contributed by atoms with E-state index >= 15 is 0 Å². The second-order valence-electron chi connectivity index (χ2n) is 4.36. The SMILES string of the molecule is CCc1nn(C)cc1C(=O)C1CCC(=O)C1. The molecule has 0 bridgehead atoms. The van der Waals surface area contributed by atoms with E-state index in [-0.39, 0.29) is 17.5 Å². The third kappa shape index (κ3) is 1.92. The first-order valence-electron chi connectivity index (χ1n) is 5.70. The molecule has 1 aromatic rings. The molecule has 1 heterocycles. The summed E-state index contributed by atoms with van der Waals surface area (Å²) in [6, 6.07) is 0. The molecule has 86 valence electrons. The normalized spacial score (nSPS) is 20.4. The summed E-state index contributed by atoms with van der Waals surface area (Å²) in [6.07, 6.45) is 4.19. The molecular formula is C12H16N2O2. The Morgan fingerprint density at radius 3 is 2.94 bits per heavy atom. The van der Waals surface area contributed by atoms with Crippen LogP contribution >= 0.6 is 0 Å². The molecule has 1 aromatic heterocycles. The van der Waals surface area contributed by atoms with E-state index in [0.29, 0.717) is 24.8 Å². The maximum absolute atomic E-state index is 12.2. The molecule has 0 aliphatic heterocycles. The van der Waals surface area contributed by atoms with Crippen LogP contribution in [0.25, 0.3) is 0 Å². The van der Waals surface area contributed by atoms with Gasteiger partial charge in [-0.3, -0.25) is 14.3 Å². The minimum atomic E-state index is -0.109. The molecule has 1 saturated carbocycles. The van der Waals surface area contributed by atoms with Gasteiger partial charge in [0.2, 0.25) is 0 Å². The van der Waals surface area contributed by atoms with Crippen LogP contribution in [-0.2, 0) is 18.3 Å². The maximum Gasteiger partial charge on any atom is 0.169 e. The molecule has 0 saturated heterocycles. The summed E-state index contributed by atoms with van der Waals surface area (Å²) in [5.41, 5.74) is 1.54. The van der Waals surface area contributed by atoms with Crippen molar-refractivity contribution in [2.24, 2.45) is 13.0 Å². The fourth-order valence-electron chi connectivity index (χ4n) is 2.26. The summed E-state index contributed by atoms with van der Waals surface area (Å²) in [5.74, 6) is 0.193. The summed E-state index contributed by atoms with van der Waals surface area (Å²) in [6.45, 7) is 1.99. The quantitative estimate of drug-likeness (QED) is 0.726. The van der Waals surface area contributed by atoms with E-state index in [1.807, 2.05) is 14.0 Å². The fraction of sp³-hybridized carbons (Fsp3) is 0.583. The summed E-state index contributed by atoms with van der Waals surface area (Å²) in [4.78, 5) is 23.4. The third-order valence-corrected chi connectivity index (χ3v) is 3.12. The molecule has 1 aliphatic rings. The van der Waals surface area contributed by atoms with Gasteiger partial charge in [-0.15, -0.1) is 0 Å². The number of aromatic nitrogens is 2. The highest BCUT2D eigenvalue weighted by Gasteiger charge is 2.30. The van der Waals surface area contributed by atoms with Crippen LogP contribution in [0.15, 0.2) is 6.20 Å². The highest BCUT2D eigenvalue weighted by Crippen LogP contribution is 2.26. The number of Topliss-reactive ketones (excluding diaryl/α,β-unsaturated/α-hetero) is 2. The molecule has 0 spiro atoms. The van der Waals surface area contributed by atoms with Crippen LogP contribution in [0.4, 0.5) is 0 Å². The van der Waals surface area contributed by atoms with E-state index in [2.05, 4.69) is 5.10 Å². The Hall–Kier alpha value is -1.45. The van der Waals surface area contributed by atoms with Crippen molar-refractivity contribution in [2.45, 2.75) is 32.6 Å². The largest absolute Gasteiger partial charge is 0.300 e. The molecule has 0 radical (unpaired) electrons. The zero-order valence-electron chi connectivity index (χ0n) is 9.69. The van der Waals surface area contributed by atoms with Gasteiger partial charge in [-0.2, -0.15) is 5.10 Å². The van der Waals surface area contributed by atoms with Crippen molar-refractivity contribution in [3.8, 4) is 0 Å². The topological polar surface area (TPSA) is 52.0 Å². The molecule has 0 N–H and O–H groups in total. The Morgan fingerprint density at radius 1 is 1.62 bits per heavy atom.